The third-order valence-corrected chi connectivity index (χ3v) is 4.90. The summed E-state index contributed by atoms with van der Waals surface area (Å²) in [6.45, 7) is 4.32. The monoisotopic (exact) mass is 401 g/mol. The fourth-order valence-electron chi connectivity index (χ4n) is 3.48. The Morgan fingerprint density at radius 1 is 1.21 bits per heavy atom. The van der Waals surface area contributed by atoms with Crippen LogP contribution in [0, 0.1) is 0 Å². The number of likely N-dealkylation sites (tertiary alicyclic amines) is 1. The maximum absolute atomic E-state index is 13.1. The Bertz CT molecular complexity index is 877. The zero-order valence-electron chi connectivity index (χ0n) is 17.2. The molecule has 8 nitrogen and oxygen atoms in total. The van der Waals surface area contributed by atoms with Gasteiger partial charge in [0.1, 0.15) is 17.5 Å². The highest BCUT2D eigenvalue weighted by molar-refractivity contribution is 5.97. The number of carbonyl (C=O) groups is 2. The molecule has 1 unspecified atom stereocenters. The van der Waals surface area contributed by atoms with Crippen molar-refractivity contribution in [3.8, 4) is 22.8 Å². The van der Waals surface area contributed by atoms with Crippen molar-refractivity contribution in [1.82, 2.24) is 15.4 Å². The molecular formula is C21H27N3O5. The predicted octanol–water partition coefficient (Wildman–Crippen LogP) is 2.88. The van der Waals surface area contributed by atoms with Crippen LogP contribution in [0.2, 0.25) is 0 Å². The van der Waals surface area contributed by atoms with E-state index in [1.807, 2.05) is 13.8 Å². The fraction of sp³-hybridized carbons (Fsp3) is 0.476. The van der Waals surface area contributed by atoms with Gasteiger partial charge in [-0.25, -0.2) is 0 Å². The minimum atomic E-state index is -0.495. The van der Waals surface area contributed by atoms with Gasteiger partial charge >= 0.3 is 0 Å². The van der Waals surface area contributed by atoms with E-state index in [1.54, 1.807) is 43.4 Å². The molecule has 156 valence electrons. The van der Waals surface area contributed by atoms with Gasteiger partial charge in [0, 0.05) is 18.7 Å². The summed E-state index contributed by atoms with van der Waals surface area (Å²) in [6.07, 6.45) is 2.40. The fourth-order valence-corrected chi connectivity index (χ4v) is 3.48. The molecule has 1 aliphatic rings. The number of piperidine rings is 1. The zero-order valence-corrected chi connectivity index (χ0v) is 17.2. The van der Waals surface area contributed by atoms with Gasteiger partial charge in [-0.2, -0.15) is 0 Å². The van der Waals surface area contributed by atoms with Gasteiger partial charge in [0.15, 0.2) is 11.5 Å². The smallest absolute Gasteiger partial charge is 0.276 e. The van der Waals surface area contributed by atoms with Gasteiger partial charge in [-0.15, -0.1) is 0 Å². The third kappa shape index (κ3) is 4.52. The highest BCUT2D eigenvalue weighted by Crippen LogP contribution is 2.34. The SMILES string of the molecule is COc1ccc(OC)c(-c2cc(C(=O)N3CCCCC3C(=O)NC(C)C)no2)c1. The van der Waals surface area contributed by atoms with Gasteiger partial charge in [0.2, 0.25) is 5.91 Å². The minimum Gasteiger partial charge on any atom is -0.497 e. The van der Waals surface area contributed by atoms with E-state index in [0.29, 0.717) is 35.8 Å². The number of ether oxygens (including phenoxy) is 2. The second-order valence-corrected chi connectivity index (χ2v) is 7.32. The van der Waals surface area contributed by atoms with Crippen molar-refractivity contribution >= 4 is 11.8 Å². The Kier molecular flexibility index (Phi) is 6.41. The summed E-state index contributed by atoms with van der Waals surface area (Å²) in [4.78, 5) is 27.2. The number of nitrogens with zero attached hydrogens (tertiary/aromatic N) is 2. The number of hydrogen-bond donors (Lipinski definition) is 1. The minimum absolute atomic E-state index is 0.0144. The lowest BCUT2D eigenvalue weighted by Gasteiger charge is -2.34. The molecule has 1 atom stereocenters. The Hall–Kier alpha value is -3.03. The first-order valence-electron chi connectivity index (χ1n) is 9.75. The van der Waals surface area contributed by atoms with Gasteiger partial charge in [-0.3, -0.25) is 9.59 Å². The molecule has 1 aromatic carbocycles. The third-order valence-electron chi connectivity index (χ3n) is 4.90. The van der Waals surface area contributed by atoms with Gasteiger partial charge in [0.05, 0.1) is 19.8 Å². The van der Waals surface area contributed by atoms with E-state index >= 15 is 0 Å². The molecule has 0 spiro atoms. The summed E-state index contributed by atoms with van der Waals surface area (Å²) in [6, 6.07) is 6.38. The second-order valence-electron chi connectivity index (χ2n) is 7.32. The van der Waals surface area contributed by atoms with Crippen molar-refractivity contribution in [3.05, 3.63) is 30.0 Å². The van der Waals surface area contributed by atoms with E-state index in [2.05, 4.69) is 10.5 Å². The second kappa shape index (κ2) is 8.98. The molecule has 2 amide bonds. The topological polar surface area (TPSA) is 93.9 Å². The average molecular weight is 401 g/mol. The lowest BCUT2D eigenvalue weighted by Crippen LogP contribution is -2.53. The highest BCUT2D eigenvalue weighted by atomic mass is 16.5. The Balaban J connectivity index is 1.86. The zero-order chi connectivity index (χ0) is 21.0. The average Bonchev–Trinajstić information content (AvgIpc) is 3.22. The number of amides is 2. The van der Waals surface area contributed by atoms with E-state index in [-0.39, 0.29) is 23.6 Å². The Morgan fingerprint density at radius 3 is 2.69 bits per heavy atom. The molecule has 3 rings (SSSR count). The molecule has 8 heteroatoms. The van der Waals surface area contributed by atoms with Crippen LogP contribution in [0.1, 0.15) is 43.6 Å². The van der Waals surface area contributed by atoms with Crippen molar-refractivity contribution in [2.45, 2.75) is 45.2 Å². The number of nitrogens with one attached hydrogen (secondary N) is 1. The molecular weight excluding hydrogens is 374 g/mol. The van der Waals surface area contributed by atoms with Crippen molar-refractivity contribution in [3.63, 3.8) is 0 Å². The van der Waals surface area contributed by atoms with Crippen LogP contribution < -0.4 is 14.8 Å². The van der Waals surface area contributed by atoms with E-state index in [1.165, 1.54) is 0 Å². The highest BCUT2D eigenvalue weighted by Gasteiger charge is 2.34. The number of aromatic nitrogens is 1. The van der Waals surface area contributed by atoms with E-state index in [0.717, 1.165) is 12.8 Å². The van der Waals surface area contributed by atoms with Crippen LogP contribution in [0.25, 0.3) is 11.3 Å². The maximum atomic E-state index is 13.1. The molecule has 1 saturated heterocycles. The van der Waals surface area contributed by atoms with Crippen LogP contribution >= 0.6 is 0 Å². The first kappa shape index (κ1) is 20.7. The molecule has 29 heavy (non-hydrogen) atoms. The number of methoxy groups -OCH3 is 2. The molecule has 0 aliphatic carbocycles. The first-order chi connectivity index (χ1) is 13.9. The standard InChI is InChI=1S/C21H27N3O5/c1-13(2)22-20(25)17-7-5-6-10-24(17)21(26)16-12-19(29-23-16)15-11-14(27-3)8-9-18(15)28-4/h8-9,11-13,17H,5-7,10H2,1-4H3,(H,22,25). The maximum Gasteiger partial charge on any atom is 0.276 e. The summed E-state index contributed by atoms with van der Waals surface area (Å²) in [5, 5.41) is 6.86. The summed E-state index contributed by atoms with van der Waals surface area (Å²) >= 11 is 0. The molecule has 0 bridgehead atoms. The van der Waals surface area contributed by atoms with Crippen LogP contribution in [0.5, 0.6) is 11.5 Å². The van der Waals surface area contributed by atoms with E-state index < -0.39 is 6.04 Å². The molecule has 0 saturated carbocycles. The lowest BCUT2D eigenvalue weighted by molar-refractivity contribution is -0.127. The summed E-state index contributed by atoms with van der Waals surface area (Å²) < 4.78 is 16.1. The quantitative estimate of drug-likeness (QED) is 0.800. The summed E-state index contributed by atoms with van der Waals surface area (Å²) in [5.74, 6) is 1.15. The largest absolute Gasteiger partial charge is 0.497 e. The molecule has 2 aromatic rings. The van der Waals surface area contributed by atoms with Crippen LogP contribution in [0.3, 0.4) is 0 Å². The van der Waals surface area contributed by atoms with Gasteiger partial charge < -0.3 is 24.2 Å². The summed E-state index contributed by atoms with van der Waals surface area (Å²) in [5.41, 5.74) is 0.792. The van der Waals surface area contributed by atoms with Crippen LogP contribution in [-0.4, -0.2) is 54.7 Å². The van der Waals surface area contributed by atoms with Crippen molar-refractivity contribution in [1.29, 1.82) is 0 Å². The number of rotatable bonds is 6. The van der Waals surface area contributed by atoms with Crippen LogP contribution in [0.4, 0.5) is 0 Å². The van der Waals surface area contributed by atoms with Crippen LogP contribution in [0.15, 0.2) is 28.8 Å². The van der Waals surface area contributed by atoms with E-state index in [4.69, 9.17) is 14.0 Å². The molecule has 1 fully saturated rings. The molecule has 1 aliphatic heterocycles. The Labute approximate surface area is 170 Å². The lowest BCUT2D eigenvalue weighted by atomic mass is 10.0. The molecule has 2 heterocycles. The Morgan fingerprint density at radius 2 is 2.00 bits per heavy atom. The first-order valence-corrected chi connectivity index (χ1v) is 9.75. The number of hydrogen-bond acceptors (Lipinski definition) is 6. The van der Waals surface area contributed by atoms with Gasteiger partial charge in [0.25, 0.3) is 5.91 Å². The molecule has 1 aromatic heterocycles. The predicted molar refractivity (Wildman–Crippen MR) is 107 cm³/mol. The van der Waals surface area contributed by atoms with E-state index in [9.17, 15) is 9.59 Å². The van der Waals surface area contributed by atoms with Crippen molar-refractivity contribution < 1.29 is 23.6 Å². The van der Waals surface area contributed by atoms with Gasteiger partial charge in [-0.1, -0.05) is 5.16 Å². The van der Waals surface area contributed by atoms with Gasteiger partial charge in [-0.05, 0) is 51.3 Å². The number of carbonyl (C=O) groups excluding carboxylic acids is 2. The van der Waals surface area contributed by atoms with Crippen LogP contribution in [-0.2, 0) is 4.79 Å². The number of benzene rings is 1. The molecule has 1 N–H and O–H groups in total. The summed E-state index contributed by atoms with van der Waals surface area (Å²) in [7, 11) is 3.12. The molecule has 0 radical (unpaired) electrons. The van der Waals surface area contributed by atoms with Crippen molar-refractivity contribution in [2.24, 2.45) is 0 Å². The van der Waals surface area contributed by atoms with Crippen molar-refractivity contribution in [2.75, 3.05) is 20.8 Å². The normalized spacial score (nSPS) is 16.6.